The summed E-state index contributed by atoms with van der Waals surface area (Å²) in [5.74, 6) is -1.10. The smallest absolute Gasteiger partial charge is 0.338 e. The van der Waals surface area contributed by atoms with Gasteiger partial charge in [0.1, 0.15) is 5.82 Å². The van der Waals surface area contributed by atoms with Gasteiger partial charge in [0, 0.05) is 6.20 Å². The molecule has 8 nitrogen and oxygen atoms in total. The number of hydrogen-bond donors (Lipinski definition) is 2. The van der Waals surface area contributed by atoms with Crippen LogP contribution in [0.2, 0.25) is 5.02 Å². The first-order valence-corrected chi connectivity index (χ1v) is 8.85. The quantitative estimate of drug-likeness (QED) is 0.754. The summed E-state index contributed by atoms with van der Waals surface area (Å²) in [5, 5.41) is 7.86. The average Bonchev–Trinajstić information content (AvgIpc) is 2.56. The lowest BCUT2D eigenvalue weighted by molar-refractivity contribution is -0.123. The van der Waals surface area contributed by atoms with Crippen LogP contribution in [-0.4, -0.2) is 31.4 Å². The molecule has 25 heavy (non-hydrogen) atoms. The lowest BCUT2D eigenvalue weighted by atomic mass is 10.2. The van der Waals surface area contributed by atoms with Gasteiger partial charge in [-0.05, 0) is 43.3 Å². The zero-order valence-electron chi connectivity index (χ0n) is 13.0. The number of sulfonamides is 1. The van der Waals surface area contributed by atoms with Gasteiger partial charge < -0.3 is 10.1 Å². The number of primary sulfonamides is 1. The molecule has 1 aromatic carbocycles. The van der Waals surface area contributed by atoms with E-state index >= 15 is 0 Å². The van der Waals surface area contributed by atoms with Crippen LogP contribution in [0.3, 0.4) is 0 Å². The van der Waals surface area contributed by atoms with Crippen molar-refractivity contribution in [3.05, 3.63) is 53.2 Å². The predicted molar refractivity (Wildman–Crippen MR) is 90.6 cm³/mol. The van der Waals surface area contributed by atoms with E-state index in [1.54, 1.807) is 6.07 Å². The molecule has 1 atom stereocenters. The van der Waals surface area contributed by atoms with Crippen molar-refractivity contribution in [2.24, 2.45) is 5.14 Å². The Balaban J connectivity index is 1.99. The monoisotopic (exact) mass is 383 g/mol. The van der Waals surface area contributed by atoms with Gasteiger partial charge in [-0.25, -0.2) is 23.3 Å². The minimum absolute atomic E-state index is 0.0802. The highest BCUT2D eigenvalue weighted by molar-refractivity contribution is 7.89. The predicted octanol–water partition coefficient (Wildman–Crippen LogP) is 1.57. The number of ether oxygens (including phenoxy) is 1. The molecule has 1 aromatic heterocycles. The summed E-state index contributed by atoms with van der Waals surface area (Å²) in [5.41, 5.74) is 0.0802. The number of nitrogens with zero attached hydrogens (tertiary/aromatic N) is 1. The standard InChI is InChI=1S/C15H14ClN3O5S/c1-9(14(20)19-13-7-4-11(16)8-18-13)24-15(21)10-2-5-12(6-3-10)25(17,22)23/h2-9H,1H3,(H2,17,22,23)(H,18,19,20). The third-order valence-corrected chi connectivity index (χ3v) is 4.20. The SMILES string of the molecule is CC(OC(=O)c1ccc(S(N)(=O)=O)cc1)C(=O)Nc1ccc(Cl)cn1. The van der Waals surface area contributed by atoms with Crippen molar-refractivity contribution in [3.63, 3.8) is 0 Å². The Morgan fingerprint density at radius 2 is 1.84 bits per heavy atom. The number of anilines is 1. The zero-order chi connectivity index (χ0) is 18.6. The van der Waals surface area contributed by atoms with Gasteiger partial charge in [-0.15, -0.1) is 0 Å². The number of rotatable bonds is 5. The molecule has 0 saturated carbocycles. The van der Waals surface area contributed by atoms with Gasteiger partial charge in [-0.1, -0.05) is 11.6 Å². The Morgan fingerprint density at radius 1 is 1.20 bits per heavy atom. The van der Waals surface area contributed by atoms with E-state index in [1.165, 1.54) is 43.5 Å². The molecule has 0 aliphatic rings. The van der Waals surface area contributed by atoms with Crippen molar-refractivity contribution in [1.82, 2.24) is 4.98 Å². The number of halogens is 1. The molecule has 1 unspecified atom stereocenters. The van der Waals surface area contributed by atoms with Crippen LogP contribution in [0.15, 0.2) is 47.5 Å². The van der Waals surface area contributed by atoms with Gasteiger partial charge in [-0.2, -0.15) is 0 Å². The van der Waals surface area contributed by atoms with Crippen LogP contribution in [0.25, 0.3) is 0 Å². The fraction of sp³-hybridized carbons (Fsp3) is 0.133. The summed E-state index contributed by atoms with van der Waals surface area (Å²) in [4.78, 5) is 27.8. The third-order valence-electron chi connectivity index (χ3n) is 3.05. The zero-order valence-corrected chi connectivity index (χ0v) is 14.5. The topological polar surface area (TPSA) is 128 Å². The summed E-state index contributed by atoms with van der Waals surface area (Å²) in [6.07, 6.45) is 0.267. The number of amides is 1. The molecule has 0 radical (unpaired) electrons. The normalized spacial score (nSPS) is 12.3. The molecule has 132 valence electrons. The molecule has 0 aliphatic carbocycles. The second-order valence-electron chi connectivity index (χ2n) is 4.97. The van der Waals surface area contributed by atoms with Crippen LogP contribution in [0.1, 0.15) is 17.3 Å². The van der Waals surface area contributed by atoms with Gasteiger partial charge >= 0.3 is 5.97 Å². The molecule has 1 heterocycles. The molecule has 2 rings (SSSR count). The van der Waals surface area contributed by atoms with Crippen molar-refractivity contribution in [2.75, 3.05) is 5.32 Å². The molecule has 3 N–H and O–H groups in total. The molecule has 0 aliphatic heterocycles. The maximum Gasteiger partial charge on any atom is 0.338 e. The minimum atomic E-state index is -3.85. The number of aromatic nitrogens is 1. The summed E-state index contributed by atoms with van der Waals surface area (Å²) < 4.78 is 27.4. The van der Waals surface area contributed by atoms with Crippen molar-refractivity contribution in [1.29, 1.82) is 0 Å². The first kappa shape index (κ1) is 18.8. The van der Waals surface area contributed by atoms with Crippen molar-refractivity contribution >= 4 is 39.3 Å². The largest absolute Gasteiger partial charge is 0.449 e. The summed E-state index contributed by atoms with van der Waals surface area (Å²) in [6, 6.07) is 7.89. The van der Waals surface area contributed by atoms with Crippen LogP contribution in [0, 0.1) is 0 Å². The van der Waals surface area contributed by atoms with Gasteiger partial charge in [0.2, 0.25) is 10.0 Å². The van der Waals surface area contributed by atoms with Gasteiger partial charge in [-0.3, -0.25) is 4.79 Å². The second-order valence-corrected chi connectivity index (χ2v) is 6.97. The average molecular weight is 384 g/mol. The first-order valence-electron chi connectivity index (χ1n) is 6.93. The van der Waals surface area contributed by atoms with Gasteiger partial charge in [0.05, 0.1) is 15.5 Å². The molecule has 0 spiro atoms. The van der Waals surface area contributed by atoms with Crippen LogP contribution >= 0.6 is 11.6 Å². The van der Waals surface area contributed by atoms with E-state index in [0.717, 1.165) is 0 Å². The molecular weight excluding hydrogens is 370 g/mol. The summed E-state index contributed by atoms with van der Waals surface area (Å²) >= 11 is 5.70. The van der Waals surface area contributed by atoms with E-state index < -0.39 is 28.0 Å². The van der Waals surface area contributed by atoms with Crippen LogP contribution in [-0.2, 0) is 19.6 Å². The number of esters is 1. The lowest BCUT2D eigenvalue weighted by Gasteiger charge is -2.13. The van der Waals surface area contributed by atoms with E-state index in [-0.39, 0.29) is 16.3 Å². The fourth-order valence-corrected chi connectivity index (χ4v) is 2.37. The highest BCUT2D eigenvalue weighted by Gasteiger charge is 2.20. The number of hydrogen-bond acceptors (Lipinski definition) is 6. The lowest BCUT2D eigenvalue weighted by Crippen LogP contribution is -2.30. The van der Waals surface area contributed by atoms with E-state index in [0.29, 0.717) is 5.02 Å². The Hall–Kier alpha value is -2.49. The molecular formula is C15H14ClN3O5S. The highest BCUT2D eigenvalue weighted by Crippen LogP contribution is 2.12. The number of carbonyl (C=O) groups is 2. The molecule has 0 fully saturated rings. The Labute approximate surface area is 149 Å². The molecule has 2 aromatic rings. The van der Waals surface area contributed by atoms with Gasteiger partial charge in [0.15, 0.2) is 6.10 Å². The number of nitrogens with two attached hydrogens (primary N) is 1. The molecule has 0 bridgehead atoms. The fourth-order valence-electron chi connectivity index (χ4n) is 1.74. The van der Waals surface area contributed by atoms with Gasteiger partial charge in [0.25, 0.3) is 5.91 Å². The Bertz CT molecular complexity index is 882. The Morgan fingerprint density at radius 3 is 2.36 bits per heavy atom. The number of pyridine rings is 1. The third kappa shape index (κ3) is 5.24. The summed E-state index contributed by atoms with van der Waals surface area (Å²) in [6.45, 7) is 1.39. The second kappa shape index (κ2) is 7.60. The molecule has 10 heteroatoms. The van der Waals surface area contributed by atoms with Crippen molar-refractivity contribution in [2.45, 2.75) is 17.9 Å². The van der Waals surface area contributed by atoms with E-state index in [1.807, 2.05) is 0 Å². The maximum absolute atomic E-state index is 12.0. The van der Waals surface area contributed by atoms with E-state index in [9.17, 15) is 18.0 Å². The Kier molecular flexibility index (Phi) is 5.73. The molecule has 1 amide bonds. The number of carbonyl (C=O) groups excluding carboxylic acids is 2. The van der Waals surface area contributed by atoms with Crippen LogP contribution < -0.4 is 10.5 Å². The van der Waals surface area contributed by atoms with E-state index in [4.69, 9.17) is 21.5 Å². The van der Waals surface area contributed by atoms with Crippen LogP contribution in [0.5, 0.6) is 0 Å². The van der Waals surface area contributed by atoms with Crippen molar-refractivity contribution in [3.8, 4) is 0 Å². The first-order chi connectivity index (χ1) is 11.7. The minimum Gasteiger partial charge on any atom is -0.449 e. The summed E-state index contributed by atoms with van der Waals surface area (Å²) in [7, 11) is -3.85. The highest BCUT2D eigenvalue weighted by atomic mass is 35.5. The number of nitrogens with one attached hydrogen (secondary N) is 1. The van der Waals surface area contributed by atoms with Crippen molar-refractivity contribution < 1.29 is 22.7 Å². The van der Waals surface area contributed by atoms with Crippen LogP contribution in [0.4, 0.5) is 5.82 Å². The number of benzene rings is 1. The molecule has 0 saturated heterocycles. The van der Waals surface area contributed by atoms with E-state index in [2.05, 4.69) is 10.3 Å². The maximum atomic E-state index is 12.0.